The van der Waals surface area contributed by atoms with Crippen LogP contribution in [0.1, 0.15) is 0 Å². The summed E-state index contributed by atoms with van der Waals surface area (Å²) in [6.07, 6.45) is 1.06. The second-order valence-corrected chi connectivity index (χ2v) is 4.22. The van der Waals surface area contributed by atoms with E-state index < -0.39 is 9.84 Å². The smallest absolute Gasteiger partial charge is 0.179 e. The topological polar surface area (TPSA) is 54.4 Å². The van der Waals surface area contributed by atoms with Gasteiger partial charge in [-0.05, 0) is 12.1 Å². The molecule has 0 fully saturated rings. The van der Waals surface area contributed by atoms with E-state index >= 15 is 0 Å². The van der Waals surface area contributed by atoms with Crippen LogP contribution in [0.25, 0.3) is 0 Å². The molecule has 0 saturated carbocycles. The zero-order valence-electron chi connectivity index (χ0n) is 6.56. The van der Waals surface area contributed by atoms with Crippen LogP contribution in [0.2, 0.25) is 0 Å². The number of rotatable bonds is 1. The fourth-order valence-corrected chi connectivity index (χ4v) is 1.54. The molecule has 0 bridgehead atoms. The van der Waals surface area contributed by atoms with E-state index in [4.69, 9.17) is 5.11 Å². The van der Waals surface area contributed by atoms with Crippen molar-refractivity contribution < 1.29 is 46.2 Å². The molecular weight excluding hydrogens is 253 g/mol. The average molecular weight is 261 g/mol. The van der Waals surface area contributed by atoms with Crippen molar-refractivity contribution in [2.24, 2.45) is 0 Å². The van der Waals surface area contributed by atoms with E-state index in [0.29, 0.717) is 0 Å². The van der Waals surface area contributed by atoms with Crippen LogP contribution in [-0.2, 0) is 42.5 Å². The van der Waals surface area contributed by atoms with Crippen LogP contribution in [0.3, 0.4) is 0 Å². The molecule has 3 nitrogen and oxygen atoms in total. The molecule has 0 aliphatic carbocycles. The van der Waals surface area contributed by atoms with Gasteiger partial charge in [0.05, 0.1) is 0 Å². The van der Waals surface area contributed by atoms with Gasteiger partial charge in [-0.1, -0.05) is 12.1 Å². The number of sulfone groups is 1. The van der Waals surface area contributed by atoms with Crippen molar-refractivity contribution in [1.82, 2.24) is 0 Å². The maximum atomic E-state index is 10.9. The minimum Gasteiger partial charge on any atom is -0.507 e. The van der Waals surface area contributed by atoms with Crippen molar-refractivity contribution in [1.29, 1.82) is 0 Å². The van der Waals surface area contributed by atoms with E-state index in [-0.39, 0.29) is 43.4 Å². The summed E-state index contributed by atoms with van der Waals surface area (Å²) in [5.41, 5.74) is 0. The molecule has 0 aromatic heterocycles. The summed E-state index contributed by atoms with van der Waals surface area (Å²) in [4.78, 5) is -0.0278. The summed E-state index contributed by atoms with van der Waals surface area (Å²) in [6, 6.07) is 5.85. The minimum absolute atomic E-state index is 0. The van der Waals surface area contributed by atoms with Crippen molar-refractivity contribution in [3.8, 4) is 5.75 Å². The first kappa shape index (κ1) is 12.1. The van der Waals surface area contributed by atoms with Crippen LogP contribution < -0.4 is 0 Å². The van der Waals surface area contributed by atoms with Crippen molar-refractivity contribution >= 4 is 9.84 Å². The van der Waals surface area contributed by atoms with Gasteiger partial charge in [-0.15, -0.1) is 0 Å². The van der Waals surface area contributed by atoms with Crippen molar-refractivity contribution in [3.05, 3.63) is 24.3 Å². The van der Waals surface area contributed by atoms with Gasteiger partial charge in [0.15, 0.2) is 9.84 Å². The van der Waals surface area contributed by atoms with Crippen LogP contribution >= 0.6 is 0 Å². The van der Waals surface area contributed by atoms with Crippen LogP contribution in [0.5, 0.6) is 5.75 Å². The third-order valence-corrected chi connectivity index (χ3v) is 2.41. The molecule has 1 radical (unpaired) electrons. The number of phenols is 1. The molecule has 0 spiro atoms. The molecular formula is C7H8O3SY. The van der Waals surface area contributed by atoms with Gasteiger partial charge in [-0.3, -0.25) is 0 Å². The van der Waals surface area contributed by atoms with E-state index in [1.165, 1.54) is 12.1 Å². The zero-order chi connectivity index (χ0) is 8.48. The Hall–Kier alpha value is 0.0739. The zero-order valence-corrected chi connectivity index (χ0v) is 10.2. The molecule has 0 unspecified atom stereocenters. The van der Waals surface area contributed by atoms with Gasteiger partial charge in [0.1, 0.15) is 10.6 Å². The number of aromatic hydroxyl groups is 1. The minimum atomic E-state index is -3.28. The van der Waals surface area contributed by atoms with E-state index in [1.54, 1.807) is 12.1 Å². The predicted molar refractivity (Wildman–Crippen MR) is 41.2 cm³/mol. The normalized spacial score (nSPS) is 10.4. The van der Waals surface area contributed by atoms with E-state index in [2.05, 4.69) is 0 Å². The van der Waals surface area contributed by atoms with Gasteiger partial charge in [0.2, 0.25) is 0 Å². The summed E-state index contributed by atoms with van der Waals surface area (Å²) in [5, 5.41) is 9.07. The molecule has 0 atom stereocenters. The first-order valence-corrected chi connectivity index (χ1v) is 4.89. The summed E-state index contributed by atoms with van der Waals surface area (Å²) >= 11 is 0. The first-order chi connectivity index (χ1) is 5.02. The third-order valence-electron chi connectivity index (χ3n) is 1.26. The number of benzene rings is 1. The van der Waals surface area contributed by atoms with Gasteiger partial charge in [-0.2, -0.15) is 0 Å². The summed E-state index contributed by atoms with van der Waals surface area (Å²) in [6.45, 7) is 0. The third kappa shape index (κ3) is 2.85. The Morgan fingerprint density at radius 2 is 1.75 bits per heavy atom. The Balaban J connectivity index is 0.00000121. The maximum absolute atomic E-state index is 10.9. The number of para-hydroxylation sites is 1. The SMILES string of the molecule is CS(=O)(=O)c1ccccc1O.[Y]. The Bertz CT molecular complexity index is 359. The summed E-state index contributed by atoms with van der Waals surface area (Å²) < 4.78 is 21.8. The average Bonchev–Trinajstić information content (AvgIpc) is 1.86. The summed E-state index contributed by atoms with van der Waals surface area (Å²) in [5.74, 6) is -0.199. The van der Waals surface area contributed by atoms with Crippen molar-refractivity contribution in [3.63, 3.8) is 0 Å². The van der Waals surface area contributed by atoms with Gasteiger partial charge >= 0.3 is 0 Å². The maximum Gasteiger partial charge on any atom is 0.179 e. The molecule has 0 aliphatic heterocycles. The molecule has 1 aromatic rings. The molecule has 1 rings (SSSR count). The monoisotopic (exact) mass is 261 g/mol. The van der Waals surface area contributed by atoms with Crippen LogP contribution in [0.4, 0.5) is 0 Å². The van der Waals surface area contributed by atoms with Gasteiger partial charge in [0.25, 0.3) is 0 Å². The van der Waals surface area contributed by atoms with E-state index in [0.717, 1.165) is 6.26 Å². The summed E-state index contributed by atoms with van der Waals surface area (Å²) in [7, 11) is -3.28. The van der Waals surface area contributed by atoms with Crippen LogP contribution in [0.15, 0.2) is 29.2 Å². The number of hydrogen-bond donors (Lipinski definition) is 1. The van der Waals surface area contributed by atoms with Crippen molar-refractivity contribution in [2.75, 3.05) is 6.26 Å². The molecule has 5 heteroatoms. The van der Waals surface area contributed by atoms with E-state index in [1.807, 2.05) is 0 Å². The Labute approximate surface area is 96.6 Å². The van der Waals surface area contributed by atoms with Gasteiger partial charge in [0, 0.05) is 39.0 Å². The molecule has 0 saturated heterocycles. The number of phenolic OH excluding ortho intramolecular Hbond substituents is 1. The van der Waals surface area contributed by atoms with Crippen LogP contribution in [-0.4, -0.2) is 19.8 Å². The van der Waals surface area contributed by atoms with Crippen LogP contribution in [0, 0.1) is 0 Å². The standard InChI is InChI=1S/C7H8O3S.Y/c1-11(9,10)7-5-3-2-4-6(7)8;/h2-5,8H,1H3;. The van der Waals surface area contributed by atoms with Gasteiger partial charge < -0.3 is 5.11 Å². The predicted octanol–water partition coefficient (Wildman–Crippen LogP) is 0.793. The second kappa shape index (κ2) is 4.35. The largest absolute Gasteiger partial charge is 0.507 e. The molecule has 0 heterocycles. The Kier molecular flexibility index (Phi) is 4.38. The molecule has 63 valence electrons. The fraction of sp³-hybridized carbons (Fsp3) is 0.143. The number of hydrogen-bond acceptors (Lipinski definition) is 3. The van der Waals surface area contributed by atoms with E-state index in [9.17, 15) is 8.42 Å². The molecule has 1 N–H and O–H groups in total. The quantitative estimate of drug-likeness (QED) is 0.813. The second-order valence-electron chi connectivity index (χ2n) is 2.24. The molecule has 12 heavy (non-hydrogen) atoms. The molecule has 0 amide bonds. The first-order valence-electron chi connectivity index (χ1n) is 3.00. The Morgan fingerprint density at radius 3 is 2.08 bits per heavy atom. The van der Waals surface area contributed by atoms with Gasteiger partial charge in [-0.25, -0.2) is 8.42 Å². The Morgan fingerprint density at radius 1 is 1.25 bits per heavy atom. The van der Waals surface area contributed by atoms with Crippen molar-refractivity contribution in [2.45, 2.75) is 4.90 Å². The fourth-order valence-electron chi connectivity index (χ4n) is 0.771. The molecule has 1 aromatic carbocycles. The molecule has 0 aliphatic rings.